The molecule has 0 radical (unpaired) electrons. The van der Waals surface area contributed by atoms with Gasteiger partial charge in [-0.15, -0.1) is 12.4 Å². The molecule has 3 atom stereocenters. The van der Waals surface area contributed by atoms with E-state index in [2.05, 4.69) is 24.0 Å². The Morgan fingerprint density at radius 2 is 2.31 bits per heavy atom. The molecule has 2 aliphatic heterocycles. The van der Waals surface area contributed by atoms with E-state index in [9.17, 15) is 0 Å². The third-order valence-electron chi connectivity index (χ3n) is 2.62. The van der Waals surface area contributed by atoms with Crippen LogP contribution in [0, 0.1) is 11.8 Å². The molecule has 0 aliphatic carbocycles. The van der Waals surface area contributed by atoms with Gasteiger partial charge < -0.3 is 4.74 Å². The fraction of sp³-hybridized carbons (Fsp3) is 1.00. The second-order valence-electron chi connectivity index (χ2n) is 3.89. The Morgan fingerprint density at radius 1 is 1.46 bits per heavy atom. The number of rotatable bonds is 1. The SMILES string of the molecule is CC1CNC(C2CCSC2)OC1.Cl. The summed E-state index contributed by atoms with van der Waals surface area (Å²) in [5.74, 6) is 4.06. The zero-order valence-corrected chi connectivity index (χ0v) is 9.63. The monoisotopic (exact) mass is 223 g/mol. The summed E-state index contributed by atoms with van der Waals surface area (Å²) in [7, 11) is 0. The molecule has 0 amide bonds. The summed E-state index contributed by atoms with van der Waals surface area (Å²) in [6.07, 6.45) is 1.69. The highest BCUT2D eigenvalue weighted by Gasteiger charge is 2.28. The molecule has 2 rings (SSSR count). The van der Waals surface area contributed by atoms with Crippen molar-refractivity contribution in [3.8, 4) is 0 Å². The first kappa shape index (κ1) is 11.6. The predicted molar refractivity (Wildman–Crippen MR) is 59.6 cm³/mol. The molecule has 2 heterocycles. The minimum absolute atomic E-state index is 0. The maximum atomic E-state index is 5.75. The van der Waals surface area contributed by atoms with Crippen molar-refractivity contribution in [2.24, 2.45) is 11.8 Å². The molecule has 78 valence electrons. The van der Waals surface area contributed by atoms with Crippen LogP contribution in [-0.2, 0) is 4.74 Å². The van der Waals surface area contributed by atoms with Crippen molar-refractivity contribution >= 4 is 24.2 Å². The smallest absolute Gasteiger partial charge is 0.111 e. The molecule has 4 heteroatoms. The van der Waals surface area contributed by atoms with E-state index >= 15 is 0 Å². The highest BCUT2D eigenvalue weighted by atomic mass is 35.5. The molecular weight excluding hydrogens is 206 g/mol. The molecular formula is C9H18ClNOS. The molecule has 0 aromatic carbocycles. The molecule has 0 aromatic rings. The zero-order valence-electron chi connectivity index (χ0n) is 7.99. The van der Waals surface area contributed by atoms with Crippen LogP contribution in [0.3, 0.4) is 0 Å². The summed E-state index contributed by atoms with van der Waals surface area (Å²) in [4.78, 5) is 0. The second-order valence-corrected chi connectivity index (χ2v) is 5.04. The minimum atomic E-state index is 0. The summed E-state index contributed by atoms with van der Waals surface area (Å²) in [5.41, 5.74) is 0. The Bertz CT molecular complexity index is 145. The number of hydrogen-bond acceptors (Lipinski definition) is 3. The number of halogens is 1. The van der Waals surface area contributed by atoms with Gasteiger partial charge in [0.05, 0.1) is 6.61 Å². The van der Waals surface area contributed by atoms with Gasteiger partial charge in [0.25, 0.3) is 0 Å². The van der Waals surface area contributed by atoms with E-state index < -0.39 is 0 Å². The van der Waals surface area contributed by atoms with Crippen molar-refractivity contribution in [2.75, 3.05) is 24.7 Å². The van der Waals surface area contributed by atoms with Crippen LogP contribution < -0.4 is 5.32 Å². The van der Waals surface area contributed by atoms with Crippen molar-refractivity contribution in [1.82, 2.24) is 5.32 Å². The molecule has 1 N–H and O–H groups in total. The van der Waals surface area contributed by atoms with E-state index in [-0.39, 0.29) is 12.4 Å². The lowest BCUT2D eigenvalue weighted by Crippen LogP contribution is -2.46. The fourth-order valence-electron chi connectivity index (χ4n) is 1.80. The third-order valence-corrected chi connectivity index (χ3v) is 3.81. The lowest BCUT2D eigenvalue weighted by atomic mass is 10.0. The molecule has 13 heavy (non-hydrogen) atoms. The van der Waals surface area contributed by atoms with Crippen LogP contribution in [0.4, 0.5) is 0 Å². The van der Waals surface area contributed by atoms with Crippen LogP contribution in [0.15, 0.2) is 0 Å². The third kappa shape index (κ3) is 3.01. The molecule has 0 bridgehead atoms. The van der Waals surface area contributed by atoms with Crippen molar-refractivity contribution in [2.45, 2.75) is 19.6 Å². The van der Waals surface area contributed by atoms with Crippen LogP contribution in [0.5, 0.6) is 0 Å². The maximum Gasteiger partial charge on any atom is 0.111 e. The normalized spacial score (nSPS) is 39.9. The Balaban J connectivity index is 0.000000845. The van der Waals surface area contributed by atoms with E-state index in [1.807, 2.05) is 0 Å². The average Bonchev–Trinajstić information content (AvgIpc) is 2.58. The summed E-state index contributed by atoms with van der Waals surface area (Å²) in [5, 5.41) is 3.48. The van der Waals surface area contributed by atoms with Gasteiger partial charge in [0.15, 0.2) is 0 Å². The van der Waals surface area contributed by atoms with Crippen LogP contribution in [0.25, 0.3) is 0 Å². The van der Waals surface area contributed by atoms with Gasteiger partial charge in [-0.05, 0) is 23.8 Å². The number of ether oxygens (including phenoxy) is 1. The highest BCUT2D eigenvalue weighted by Crippen LogP contribution is 2.27. The lowest BCUT2D eigenvalue weighted by molar-refractivity contribution is -0.0505. The maximum absolute atomic E-state index is 5.75. The van der Waals surface area contributed by atoms with E-state index in [0.717, 1.165) is 19.1 Å². The van der Waals surface area contributed by atoms with E-state index in [0.29, 0.717) is 12.1 Å². The van der Waals surface area contributed by atoms with Crippen LogP contribution in [-0.4, -0.2) is 30.9 Å². The van der Waals surface area contributed by atoms with E-state index in [1.54, 1.807) is 0 Å². The van der Waals surface area contributed by atoms with Crippen LogP contribution in [0.1, 0.15) is 13.3 Å². The second kappa shape index (κ2) is 5.44. The van der Waals surface area contributed by atoms with Crippen molar-refractivity contribution < 1.29 is 4.74 Å². The van der Waals surface area contributed by atoms with Gasteiger partial charge in [-0.3, -0.25) is 5.32 Å². The van der Waals surface area contributed by atoms with Gasteiger partial charge in [-0.1, -0.05) is 6.92 Å². The summed E-state index contributed by atoms with van der Waals surface area (Å²) < 4.78 is 5.75. The van der Waals surface area contributed by atoms with Crippen molar-refractivity contribution in [3.63, 3.8) is 0 Å². The standard InChI is InChI=1S/C9H17NOS.ClH/c1-7-4-10-9(11-5-7)8-2-3-12-6-8;/h7-10H,2-6H2,1H3;1H. The Hall–Kier alpha value is 0.560. The van der Waals surface area contributed by atoms with Gasteiger partial charge >= 0.3 is 0 Å². The first-order chi connectivity index (χ1) is 5.86. The number of thioether (sulfide) groups is 1. The molecule has 0 spiro atoms. The first-order valence-electron chi connectivity index (χ1n) is 4.79. The molecule has 2 saturated heterocycles. The predicted octanol–water partition coefficient (Wildman–Crippen LogP) is 1.74. The fourth-order valence-corrected chi connectivity index (χ4v) is 3.08. The van der Waals surface area contributed by atoms with Crippen LogP contribution >= 0.6 is 24.2 Å². The Labute approximate surface area is 90.6 Å². The van der Waals surface area contributed by atoms with Crippen molar-refractivity contribution in [3.05, 3.63) is 0 Å². The highest BCUT2D eigenvalue weighted by molar-refractivity contribution is 7.99. The molecule has 2 nitrogen and oxygen atoms in total. The van der Waals surface area contributed by atoms with Gasteiger partial charge in [0.2, 0.25) is 0 Å². The van der Waals surface area contributed by atoms with Gasteiger partial charge in [-0.25, -0.2) is 0 Å². The topological polar surface area (TPSA) is 21.3 Å². The lowest BCUT2D eigenvalue weighted by Gasteiger charge is -2.31. The minimum Gasteiger partial charge on any atom is -0.363 e. The van der Waals surface area contributed by atoms with Gasteiger partial charge in [-0.2, -0.15) is 11.8 Å². The first-order valence-corrected chi connectivity index (χ1v) is 5.94. The Kier molecular flexibility index (Phi) is 4.87. The number of hydrogen-bond donors (Lipinski definition) is 1. The quantitative estimate of drug-likeness (QED) is 0.732. The molecule has 2 fully saturated rings. The largest absolute Gasteiger partial charge is 0.363 e. The Morgan fingerprint density at radius 3 is 2.85 bits per heavy atom. The molecule has 3 unspecified atom stereocenters. The molecule has 0 saturated carbocycles. The van der Waals surface area contributed by atoms with Gasteiger partial charge in [0.1, 0.15) is 6.23 Å². The van der Waals surface area contributed by atoms with Crippen LogP contribution in [0.2, 0.25) is 0 Å². The van der Waals surface area contributed by atoms with E-state index in [1.165, 1.54) is 17.9 Å². The van der Waals surface area contributed by atoms with Crippen molar-refractivity contribution in [1.29, 1.82) is 0 Å². The average molecular weight is 224 g/mol. The zero-order chi connectivity index (χ0) is 8.39. The summed E-state index contributed by atoms with van der Waals surface area (Å²) in [6.45, 7) is 4.30. The van der Waals surface area contributed by atoms with E-state index in [4.69, 9.17) is 4.74 Å². The summed E-state index contributed by atoms with van der Waals surface area (Å²) >= 11 is 2.06. The number of nitrogens with one attached hydrogen (secondary N) is 1. The summed E-state index contributed by atoms with van der Waals surface area (Å²) in [6, 6.07) is 0. The van der Waals surface area contributed by atoms with Gasteiger partial charge in [0, 0.05) is 12.5 Å². The molecule has 2 aliphatic rings. The molecule has 0 aromatic heterocycles.